The van der Waals surface area contributed by atoms with Gasteiger partial charge in [0.15, 0.2) is 0 Å². The summed E-state index contributed by atoms with van der Waals surface area (Å²) in [6.07, 6.45) is 1.93. The van der Waals surface area contributed by atoms with Gasteiger partial charge in [0.25, 0.3) is 0 Å². The van der Waals surface area contributed by atoms with E-state index in [4.69, 9.17) is 16.3 Å². The molecule has 0 bridgehead atoms. The van der Waals surface area contributed by atoms with Crippen molar-refractivity contribution in [3.8, 4) is 17.1 Å². The van der Waals surface area contributed by atoms with Gasteiger partial charge in [0, 0.05) is 49.8 Å². The minimum absolute atomic E-state index is 0.0596. The maximum absolute atomic E-state index is 14.1. The Morgan fingerprint density at radius 2 is 1.88 bits per heavy atom. The van der Waals surface area contributed by atoms with E-state index in [-0.39, 0.29) is 30.3 Å². The lowest BCUT2D eigenvalue weighted by Crippen LogP contribution is -2.50. The van der Waals surface area contributed by atoms with Crippen molar-refractivity contribution in [3.63, 3.8) is 0 Å². The van der Waals surface area contributed by atoms with Gasteiger partial charge >= 0.3 is 6.03 Å². The van der Waals surface area contributed by atoms with Crippen LogP contribution in [0.15, 0.2) is 66.9 Å². The summed E-state index contributed by atoms with van der Waals surface area (Å²) in [4.78, 5) is 32.6. The van der Waals surface area contributed by atoms with Crippen LogP contribution in [0.2, 0.25) is 5.02 Å². The number of ether oxygens (including phenoxy) is 1. The fraction of sp³-hybridized carbons (Fsp3) is 0.281. The van der Waals surface area contributed by atoms with Crippen molar-refractivity contribution in [3.05, 3.63) is 100.0 Å². The van der Waals surface area contributed by atoms with Crippen LogP contribution in [0.5, 0.6) is 5.75 Å². The van der Waals surface area contributed by atoms with E-state index in [2.05, 4.69) is 47.2 Å². The van der Waals surface area contributed by atoms with Gasteiger partial charge in [-0.15, -0.1) is 0 Å². The van der Waals surface area contributed by atoms with Crippen LogP contribution in [0.3, 0.4) is 0 Å². The van der Waals surface area contributed by atoms with Crippen molar-refractivity contribution in [1.29, 1.82) is 0 Å². The zero-order chi connectivity index (χ0) is 29.6. The van der Waals surface area contributed by atoms with Gasteiger partial charge in [0.05, 0.1) is 11.2 Å². The molecular weight excluding hydrogens is 557 g/mol. The summed E-state index contributed by atoms with van der Waals surface area (Å²) < 4.78 is 21.8. The van der Waals surface area contributed by atoms with E-state index in [1.165, 1.54) is 17.2 Å². The molecule has 4 aromatic rings. The molecule has 8 nitrogen and oxygen atoms in total. The summed E-state index contributed by atoms with van der Waals surface area (Å²) in [7, 11) is 1.88. The number of halogens is 2. The van der Waals surface area contributed by atoms with Crippen molar-refractivity contribution in [1.82, 2.24) is 19.8 Å². The highest BCUT2D eigenvalue weighted by Gasteiger charge is 2.37. The van der Waals surface area contributed by atoms with Crippen LogP contribution in [-0.4, -0.2) is 32.9 Å². The molecule has 0 spiro atoms. The molecule has 3 amide bonds. The quantitative estimate of drug-likeness (QED) is 0.280. The molecule has 1 N–H and O–H groups in total. The van der Waals surface area contributed by atoms with Crippen LogP contribution in [0, 0.1) is 5.82 Å². The minimum atomic E-state index is -0.430. The molecule has 0 radical (unpaired) electrons. The van der Waals surface area contributed by atoms with E-state index in [9.17, 15) is 14.0 Å². The third kappa shape index (κ3) is 5.14. The van der Waals surface area contributed by atoms with Gasteiger partial charge in [-0.1, -0.05) is 41.9 Å². The van der Waals surface area contributed by atoms with Gasteiger partial charge in [-0.2, -0.15) is 0 Å². The predicted molar refractivity (Wildman–Crippen MR) is 159 cm³/mol. The van der Waals surface area contributed by atoms with E-state index in [0.717, 1.165) is 30.0 Å². The Bertz CT molecular complexity index is 1660. The molecule has 42 heavy (non-hydrogen) atoms. The molecule has 10 heteroatoms. The molecule has 2 aliphatic heterocycles. The SMILES string of the molecule is Cn1c(N2CCC(=O)NC2=O)cnc1-c1ccc2c(c1)C(C)(C)N(Cc1ccc(OCc3c(F)cccc3Cl)cc1)C2. The molecule has 3 aromatic carbocycles. The first-order valence-electron chi connectivity index (χ1n) is 13.8. The molecule has 0 atom stereocenters. The number of amides is 3. The third-order valence-electron chi connectivity index (χ3n) is 8.21. The number of fused-ring (bicyclic) bond motifs is 1. The lowest BCUT2D eigenvalue weighted by Gasteiger charge is -2.32. The van der Waals surface area contributed by atoms with Crippen molar-refractivity contribution >= 4 is 29.4 Å². The second-order valence-electron chi connectivity index (χ2n) is 11.2. The summed E-state index contributed by atoms with van der Waals surface area (Å²) in [5.74, 6) is 1.39. The number of hydrogen-bond acceptors (Lipinski definition) is 5. The number of anilines is 1. The average molecular weight is 588 g/mol. The zero-order valence-electron chi connectivity index (χ0n) is 23.7. The number of nitrogens with zero attached hydrogens (tertiary/aromatic N) is 4. The number of imidazole rings is 1. The number of hydrogen-bond donors (Lipinski definition) is 1. The number of rotatable bonds is 7. The highest BCUT2D eigenvalue weighted by atomic mass is 35.5. The van der Waals surface area contributed by atoms with Gasteiger partial charge in [-0.05, 0) is 60.9 Å². The molecule has 6 rings (SSSR count). The van der Waals surface area contributed by atoms with E-state index in [0.29, 0.717) is 28.7 Å². The van der Waals surface area contributed by atoms with Crippen LogP contribution in [0.4, 0.5) is 15.0 Å². The Morgan fingerprint density at radius 1 is 1.10 bits per heavy atom. The number of carbonyl (C=O) groups excluding carboxylic acids is 2. The van der Waals surface area contributed by atoms with Crippen molar-refractivity contribution in [2.24, 2.45) is 7.05 Å². The van der Waals surface area contributed by atoms with E-state index in [1.807, 2.05) is 35.9 Å². The molecule has 0 saturated carbocycles. The van der Waals surface area contributed by atoms with Gasteiger partial charge in [-0.3, -0.25) is 19.9 Å². The summed E-state index contributed by atoms with van der Waals surface area (Å²) in [5, 5.41) is 2.72. The Hall–Kier alpha value is -4.21. The van der Waals surface area contributed by atoms with Gasteiger partial charge < -0.3 is 9.30 Å². The highest BCUT2D eigenvalue weighted by Crippen LogP contribution is 2.41. The molecule has 1 saturated heterocycles. The number of aromatic nitrogens is 2. The summed E-state index contributed by atoms with van der Waals surface area (Å²) >= 11 is 6.12. The first-order chi connectivity index (χ1) is 20.1. The van der Waals surface area contributed by atoms with Crippen LogP contribution < -0.4 is 15.0 Å². The number of nitrogens with one attached hydrogen (secondary N) is 1. The van der Waals surface area contributed by atoms with Gasteiger partial charge in [0.1, 0.15) is 29.8 Å². The maximum atomic E-state index is 14.1. The summed E-state index contributed by atoms with van der Waals surface area (Å²) in [5.41, 5.74) is 4.70. The average Bonchev–Trinajstić information content (AvgIpc) is 3.45. The molecular formula is C32H31ClFN5O3. The number of imide groups is 1. The third-order valence-corrected chi connectivity index (χ3v) is 8.57. The van der Waals surface area contributed by atoms with Gasteiger partial charge in [0.2, 0.25) is 5.91 Å². The van der Waals surface area contributed by atoms with Crippen molar-refractivity contribution < 1.29 is 18.7 Å². The second-order valence-corrected chi connectivity index (χ2v) is 11.6. The second kappa shape index (κ2) is 10.9. The highest BCUT2D eigenvalue weighted by molar-refractivity contribution is 6.31. The van der Waals surface area contributed by atoms with Crippen LogP contribution >= 0.6 is 11.6 Å². The van der Waals surface area contributed by atoms with Gasteiger partial charge in [-0.25, -0.2) is 14.2 Å². The molecule has 0 unspecified atom stereocenters. The van der Waals surface area contributed by atoms with Crippen LogP contribution in [0.25, 0.3) is 11.4 Å². The van der Waals surface area contributed by atoms with E-state index in [1.54, 1.807) is 23.2 Å². The normalized spacial score (nSPS) is 16.5. The van der Waals surface area contributed by atoms with Crippen LogP contribution in [0.1, 0.15) is 42.5 Å². The lowest BCUT2D eigenvalue weighted by atomic mass is 9.92. The predicted octanol–water partition coefficient (Wildman–Crippen LogP) is 6.16. The first kappa shape index (κ1) is 27.9. The summed E-state index contributed by atoms with van der Waals surface area (Å²) in [6, 6.07) is 18.4. The van der Waals surface area contributed by atoms with Crippen molar-refractivity contribution in [2.75, 3.05) is 11.4 Å². The zero-order valence-corrected chi connectivity index (χ0v) is 24.4. The number of benzene rings is 3. The molecule has 1 aromatic heterocycles. The monoisotopic (exact) mass is 587 g/mol. The Labute approximate surface area is 248 Å². The fourth-order valence-electron chi connectivity index (χ4n) is 5.69. The standard InChI is InChI=1S/C32H31ClFN5O3/c1-32(2)25-15-21(30-35-16-29(37(30)3)39-14-13-28(40)36-31(39)41)9-10-22(25)18-38(32)17-20-7-11-23(12-8-20)42-19-24-26(33)5-4-6-27(24)34/h4-12,15-16H,13-14,17-19H2,1-3H3,(H,36,40,41). The molecule has 2 aliphatic rings. The van der Waals surface area contributed by atoms with Crippen molar-refractivity contribution in [2.45, 2.75) is 45.5 Å². The first-order valence-corrected chi connectivity index (χ1v) is 14.2. The Balaban J connectivity index is 1.15. The topological polar surface area (TPSA) is 79.7 Å². The Morgan fingerprint density at radius 3 is 2.62 bits per heavy atom. The molecule has 216 valence electrons. The lowest BCUT2D eigenvalue weighted by molar-refractivity contribution is -0.120. The maximum Gasteiger partial charge on any atom is 0.329 e. The Kier molecular flexibility index (Phi) is 7.24. The number of urea groups is 1. The molecule has 3 heterocycles. The van der Waals surface area contributed by atoms with E-state index >= 15 is 0 Å². The molecule has 0 aliphatic carbocycles. The van der Waals surface area contributed by atoms with E-state index < -0.39 is 6.03 Å². The number of carbonyl (C=O) groups is 2. The molecule has 1 fully saturated rings. The minimum Gasteiger partial charge on any atom is -0.489 e. The smallest absolute Gasteiger partial charge is 0.329 e. The van der Waals surface area contributed by atoms with Crippen LogP contribution in [-0.2, 0) is 37.1 Å². The largest absolute Gasteiger partial charge is 0.489 e. The fourth-order valence-corrected chi connectivity index (χ4v) is 5.91. The summed E-state index contributed by atoms with van der Waals surface area (Å²) in [6.45, 7) is 6.37.